The molecule has 0 heterocycles. The van der Waals surface area contributed by atoms with Gasteiger partial charge in [0, 0.05) is 10.0 Å². The predicted molar refractivity (Wildman–Crippen MR) is 96.4 cm³/mol. The highest BCUT2D eigenvalue weighted by atomic mass is 79.9. The monoisotopic (exact) mass is 414 g/mol. The van der Waals surface area contributed by atoms with E-state index in [1.165, 1.54) is 6.21 Å². The van der Waals surface area contributed by atoms with E-state index in [0.717, 1.165) is 4.47 Å². The summed E-state index contributed by atoms with van der Waals surface area (Å²) in [4.78, 5) is 11.9. The van der Waals surface area contributed by atoms with Crippen molar-refractivity contribution in [2.24, 2.45) is 5.10 Å². The van der Waals surface area contributed by atoms with Gasteiger partial charge in [0.1, 0.15) is 5.75 Å². The molecule has 2 aromatic carbocycles. The Bertz CT molecular complexity index is 700. The van der Waals surface area contributed by atoms with Crippen LogP contribution in [-0.4, -0.2) is 18.2 Å². The van der Waals surface area contributed by atoms with Crippen molar-refractivity contribution in [1.82, 2.24) is 5.43 Å². The standard InChI is InChI=1S/C16H13BrCl2N2O2/c1-10(23-12-7-5-11(17)6-8-12)16(22)21-20-9-13-14(18)3-2-4-15(13)19/h2-10H,1H3,(H,21,22)/b20-9-/t10-/m0/s1. The van der Waals surface area contributed by atoms with Gasteiger partial charge in [-0.1, -0.05) is 45.2 Å². The number of nitrogens with one attached hydrogen (secondary N) is 1. The maximum absolute atomic E-state index is 11.9. The highest BCUT2D eigenvalue weighted by Gasteiger charge is 2.14. The smallest absolute Gasteiger partial charge is 0.280 e. The maximum Gasteiger partial charge on any atom is 0.280 e. The molecule has 2 aromatic rings. The van der Waals surface area contributed by atoms with Gasteiger partial charge in [-0.3, -0.25) is 4.79 Å². The molecule has 0 aliphatic carbocycles. The quantitative estimate of drug-likeness (QED) is 0.569. The number of hydrogen-bond donors (Lipinski definition) is 1. The third kappa shape index (κ3) is 5.23. The Morgan fingerprint density at radius 2 is 1.83 bits per heavy atom. The van der Waals surface area contributed by atoms with Crippen molar-refractivity contribution in [2.45, 2.75) is 13.0 Å². The first-order chi connectivity index (χ1) is 11.0. The van der Waals surface area contributed by atoms with Crippen LogP contribution in [0.25, 0.3) is 0 Å². The lowest BCUT2D eigenvalue weighted by molar-refractivity contribution is -0.127. The number of hydrogen-bond acceptors (Lipinski definition) is 3. The van der Waals surface area contributed by atoms with Crippen molar-refractivity contribution < 1.29 is 9.53 Å². The molecule has 0 fully saturated rings. The van der Waals surface area contributed by atoms with E-state index in [-0.39, 0.29) is 5.91 Å². The lowest BCUT2D eigenvalue weighted by atomic mass is 10.2. The minimum atomic E-state index is -0.699. The summed E-state index contributed by atoms with van der Waals surface area (Å²) in [5.41, 5.74) is 2.94. The molecule has 0 aliphatic heterocycles. The third-order valence-corrected chi connectivity index (χ3v) is 4.05. The molecule has 0 bridgehead atoms. The van der Waals surface area contributed by atoms with Crippen molar-refractivity contribution in [1.29, 1.82) is 0 Å². The Labute approximate surface area is 152 Å². The zero-order valence-corrected chi connectivity index (χ0v) is 15.2. The van der Waals surface area contributed by atoms with Crippen LogP contribution in [0.4, 0.5) is 0 Å². The molecule has 0 saturated carbocycles. The summed E-state index contributed by atoms with van der Waals surface area (Å²) in [5, 5.41) is 4.77. The van der Waals surface area contributed by atoms with E-state index in [9.17, 15) is 4.79 Å². The Balaban J connectivity index is 1.93. The number of benzene rings is 2. The van der Waals surface area contributed by atoms with Crippen LogP contribution >= 0.6 is 39.1 Å². The fourth-order valence-corrected chi connectivity index (χ4v) is 2.42. The molecule has 2 rings (SSSR count). The fourth-order valence-electron chi connectivity index (χ4n) is 1.66. The van der Waals surface area contributed by atoms with E-state index in [2.05, 4.69) is 26.5 Å². The van der Waals surface area contributed by atoms with Gasteiger partial charge in [-0.05, 0) is 43.3 Å². The summed E-state index contributed by atoms with van der Waals surface area (Å²) in [7, 11) is 0. The summed E-state index contributed by atoms with van der Waals surface area (Å²) in [6.07, 6.45) is 0.699. The second kappa shape index (κ2) is 8.34. The third-order valence-electron chi connectivity index (χ3n) is 2.86. The number of ether oxygens (including phenoxy) is 1. The molecular formula is C16H13BrCl2N2O2. The second-order valence-corrected chi connectivity index (χ2v) is 6.31. The zero-order valence-electron chi connectivity index (χ0n) is 12.1. The summed E-state index contributed by atoms with van der Waals surface area (Å²) in [6, 6.07) is 12.3. The van der Waals surface area contributed by atoms with Crippen LogP contribution in [0.5, 0.6) is 5.75 Å². The van der Waals surface area contributed by atoms with Gasteiger partial charge in [0.05, 0.1) is 16.3 Å². The van der Waals surface area contributed by atoms with Gasteiger partial charge < -0.3 is 4.74 Å². The van der Waals surface area contributed by atoms with E-state index in [0.29, 0.717) is 21.4 Å². The SMILES string of the molecule is C[C@H](Oc1ccc(Br)cc1)C(=O)N/N=C\c1c(Cl)cccc1Cl. The maximum atomic E-state index is 11.9. The van der Waals surface area contributed by atoms with Crippen molar-refractivity contribution >= 4 is 51.3 Å². The van der Waals surface area contributed by atoms with E-state index < -0.39 is 6.10 Å². The first-order valence-corrected chi connectivity index (χ1v) is 8.21. The number of carbonyl (C=O) groups is 1. The van der Waals surface area contributed by atoms with Crippen molar-refractivity contribution in [2.75, 3.05) is 0 Å². The first-order valence-electron chi connectivity index (χ1n) is 6.66. The average molecular weight is 416 g/mol. The van der Waals surface area contributed by atoms with Crippen LogP contribution in [0.15, 0.2) is 52.0 Å². The Morgan fingerprint density at radius 3 is 2.43 bits per heavy atom. The Morgan fingerprint density at radius 1 is 1.22 bits per heavy atom. The van der Waals surface area contributed by atoms with Crippen LogP contribution in [0.3, 0.4) is 0 Å². The summed E-state index contributed by atoms with van der Waals surface area (Å²) in [6.45, 7) is 1.63. The number of amides is 1. The van der Waals surface area contributed by atoms with Crippen molar-refractivity contribution in [3.8, 4) is 5.75 Å². The molecule has 0 aliphatic rings. The van der Waals surface area contributed by atoms with Gasteiger partial charge in [-0.15, -0.1) is 0 Å². The molecule has 1 N–H and O–H groups in total. The van der Waals surface area contributed by atoms with Crippen LogP contribution < -0.4 is 10.2 Å². The summed E-state index contributed by atoms with van der Waals surface area (Å²) >= 11 is 15.4. The lowest BCUT2D eigenvalue weighted by Crippen LogP contribution is -2.33. The lowest BCUT2D eigenvalue weighted by Gasteiger charge is -2.12. The van der Waals surface area contributed by atoms with Gasteiger partial charge in [-0.2, -0.15) is 5.10 Å². The molecule has 0 aromatic heterocycles. The first kappa shape index (κ1) is 17.8. The van der Waals surface area contributed by atoms with E-state index in [1.54, 1.807) is 37.3 Å². The van der Waals surface area contributed by atoms with Crippen molar-refractivity contribution in [3.63, 3.8) is 0 Å². The zero-order chi connectivity index (χ0) is 16.8. The molecule has 1 atom stereocenters. The number of rotatable bonds is 5. The highest BCUT2D eigenvalue weighted by Crippen LogP contribution is 2.22. The topological polar surface area (TPSA) is 50.7 Å². The molecule has 0 saturated heterocycles. The Kier molecular flexibility index (Phi) is 6.45. The number of halogens is 3. The predicted octanol–water partition coefficient (Wildman–Crippen LogP) is 4.67. The summed E-state index contributed by atoms with van der Waals surface area (Å²) < 4.78 is 6.46. The molecule has 23 heavy (non-hydrogen) atoms. The van der Waals surface area contributed by atoms with E-state index in [1.807, 2.05) is 12.1 Å². The van der Waals surface area contributed by atoms with Crippen LogP contribution in [0, 0.1) is 0 Å². The van der Waals surface area contributed by atoms with Crippen LogP contribution in [0.1, 0.15) is 12.5 Å². The summed E-state index contributed by atoms with van der Waals surface area (Å²) in [5.74, 6) is 0.210. The average Bonchev–Trinajstić information content (AvgIpc) is 2.52. The number of hydrazone groups is 1. The van der Waals surface area contributed by atoms with Crippen LogP contribution in [0.2, 0.25) is 10.0 Å². The molecular weight excluding hydrogens is 403 g/mol. The Hall–Kier alpha value is -1.56. The molecule has 7 heteroatoms. The van der Waals surface area contributed by atoms with E-state index in [4.69, 9.17) is 27.9 Å². The van der Waals surface area contributed by atoms with Crippen molar-refractivity contribution in [3.05, 3.63) is 62.5 Å². The number of carbonyl (C=O) groups excluding carboxylic acids is 1. The van der Waals surface area contributed by atoms with E-state index >= 15 is 0 Å². The second-order valence-electron chi connectivity index (χ2n) is 4.58. The largest absolute Gasteiger partial charge is 0.481 e. The van der Waals surface area contributed by atoms with Gasteiger partial charge in [0.15, 0.2) is 6.10 Å². The molecule has 4 nitrogen and oxygen atoms in total. The fraction of sp³-hybridized carbons (Fsp3) is 0.125. The normalized spacial score (nSPS) is 12.2. The van der Waals surface area contributed by atoms with Gasteiger partial charge in [0.25, 0.3) is 5.91 Å². The highest BCUT2D eigenvalue weighted by molar-refractivity contribution is 9.10. The van der Waals surface area contributed by atoms with Crippen LogP contribution in [-0.2, 0) is 4.79 Å². The molecule has 0 unspecified atom stereocenters. The molecule has 0 radical (unpaired) electrons. The van der Waals surface area contributed by atoms with Gasteiger partial charge >= 0.3 is 0 Å². The molecule has 120 valence electrons. The minimum Gasteiger partial charge on any atom is -0.481 e. The van der Waals surface area contributed by atoms with Gasteiger partial charge in [-0.25, -0.2) is 5.43 Å². The number of nitrogens with zero attached hydrogens (tertiary/aromatic N) is 1. The molecule has 1 amide bonds. The molecule has 0 spiro atoms. The minimum absolute atomic E-state index is 0.382. The van der Waals surface area contributed by atoms with Gasteiger partial charge in [0.2, 0.25) is 0 Å².